The van der Waals surface area contributed by atoms with E-state index in [2.05, 4.69) is 58.6 Å². The smallest absolute Gasteiger partial charge is 0.0138 e. The van der Waals surface area contributed by atoms with Gasteiger partial charge in [0, 0.05) is 0 Å². The molecule has 3 aliphatic rings. The summed E-state index contributed by atoms with van der Waals surface area (Å²) in [6, 6.07) is 0. The van der Waals surface area contributed by atoms with Gasteiger partial charge in [-0.2, -0.15) is 0 Å². The fourth-order valence-electron chi connectivity index (χ4n) is 5.87. The Labute approximate surface area is 168 Å². The second-order valence-electron chi connectivity index (χ2n) is 10.1. The third-order valence-electron chi connectivity index (χ3n) is 8.17. The Balaban J connectivity index is 1.79. The predicted octanol–water partition coefficient (Wildman–Crippen LogP) is 8.42. The van der Waals surface area contributed by atoms with Gasteiger partial charge >= 0.3 is 0 Å². The number of fused-ring (bicyclic) bond motifs is 1. The first-order valence-corrected chi connectivity index (χ1v) is 11.7. The van der Waals surface area contributed by atoms with Gasteiger partial charge in [-0.05, 0) is 92.4 Å². The van der Waals surface area contributed by atoms with Crippen molar-refractivity contribution in [2.24, 2.45) is 29.1 Å². The molecule has 3 saturated carbocycles. The maximum absolute atomic E-state index is 4.32. The molecule has 0 aromatic carbocycles. The van der Waals surface area contributed by atoms with Crippen LogP contribution in [0.2, 0.25) is 0 Å². The largest absolute Gasteiger partial charge is 0.0956 e. The molecule has 0 spiro atoms. The van der Waals surface area contributed by atoms with Gasteiger partial charge in [-0.1, -0.05) is 76.1 Å². The molecule has 3 fully saturated rings. The first kappa shape index (κ1) is 20.7. The molecular formula is C27H42. The van der Waals surface area contributed by atoms with E-state index in [4.69, 9.17) is 0 Å². The topological polar surface area (TPSA) is 0 Å². The maximum atomic E-state index is 4.32. The van der Waals surface area contributed by atoms with Crippen LogP contribution in [0.1, 0.15) is 91.9 Å². The van der Waals surface area contributed by atoms with Gasteiger partial charge in [0.1, 0.15) is 0 Å². The number of allylic oxidation sites excluding steroid dienone is 7. The highest BCUT2D eigenvalue weighted by atomic mass is 14.5. The van der Waals surface area contributed by atoms with Gasteiger partial charge in [0.2, 0.25) is 0 Å². The Kier molecular flexibility index (Phi) is 6.88. The lowest BCUT2D eigenvalue weighted by atomic mass is 9.60. The summed E-state index contributed by atoms with van der Waals surface area (Å²) >= 11 is 0. The SMILES string of the molecule is C=C1CCCCC1=CC=C1CCCC2(C(C)C=CC(C)C(C)C)CCCC12. The van der Waals surface area contributed by atoms with E-state index in [0.717, 1.165) is 11.8 Å². The third kappa shape index (κ3) is 4.52. The normalized spacial score (nSPS) is 34.6. The van der Waals surface area contributed by atoms with Crippen molar-refractivity contribution in [3.05, 3.63) is 47.6 Å². The summed E-state index contributed by atoms with van der Waals surface area (Å²) in [5.41, 5.74) is 5.20. The molecule has 3 aliphatic carbocycles. The molecule has 0 bridgehead atoms. The molecule has 0 aliphatic heterocycles. The van der Waals surface area contributed by atoms with Crippen molar-refractivity contribution in [1.29, 1.82) is 0 Å². The zero-order chi connectivity index (χ0) is 19.4. The first-order valence-electron chi connectivity index (χ1n) is 11.7. The zero-order valence-corrected chi connectivity index (χ0v) is 18.4. The Morgan fingerprint density at radius 3 is 2.37 bits per heavy atom. The predicted molar refractivity (Wildman–Crippen MR) is 120 cm³/mol. The van der Waals surface area contributed by atoms with Gasteiger partial charge in [-0.15, -0.1) is 0 Å². The van der Waals surface area contributed by atoms with Crippen molar-refractivity contribution in [2.75, 3.05) is 0 Å². The lowest BCUT2D eigenvalue weighted by Crippen LogP contribution is -2.36. The molecule has 0 nitrogen and oxygen atoms in total. The van der Waals surface area contributed by atoms with Gasteiger partial charge in [0.25, 0.3) is 0 Å². The second-order valence-corrected chi connectivity index (χ2v) is 10.1. The van der Waals surface area contributed by atoms with Crippen molar-refractivity contribution in [2.45, 2.75) is 91.9 Å². The Morgan fingerprint density at radius 2 is 1.63 bits per heavy atom. The van der Waals surface area contributed by atoms with E-state index in [9.17, 15) is 0 Å². The molecule has 150 valence electrons. The van der Waals surface area contributed by atoms with Crippen LogP contribution in [-0.4, -0.2) is 0 Å². The Morgan fingerprint density at radius 1 is 0.889 bits per heavy atom. The summed E-state index contributed by atoms with van der Waals surface area (Å²) in [4.78, 5) is 0. The van der Waals surface area contributed by atoms with Crippen LogP contribution in [0.3, 0.4) is 0 Å². The summed E-state index contributed by atoms with van der Waals surface area (Å²) in [5, 5.41) is 0. The minimum absolute atomic E-state index is 0.527. The molecule has 27 heavy (non-hydrogen) atoms. The van der Waals surface area contributed by atoms with Crippen LogP contribution in [0.25, 0.3) is 0 Å². The van der Waals surface area contributed by atoms with E-state index >= 15 is 0 Å². The van der Waals surface area contributed by atoms with Crippen molar-refractivity contribution in [1.82, 2.24) is 0 Å². The third-order valence-corrected chi connectivity index (χ3v) is 8.17. The number of hydrogen-bond donors (Lipinski definition) is 0. The van der Waals surface area contributed by atoms with E-state index in [1.54, 1.807) is 5.57 Å². The number of rotatable bonds is 5. The quantitative estimate of drug-likeness (QED) is 0.428. The van der Waals surface area contributed by atoms with E-state index < -0.39 is 0 Å². The molecule has 3 rings (SSSR count). The average molecular weight is 367 g/mol. The van der Waals surface area contributed by atoms with Gasteiger partial charge < -0.3 is 0 Å². The fourth-order valence-corrected chi connectivity index (χ4v) is 5.87. The molecule has 0 saturated heterocycles. The van der Waals surface area contributed by atoms with E-state index in [-0.39, 0.29) is 0 Å². The highest BCUT2D eigenvalue weighted by Gasteiger charge is 2.48. The first-order chi connectivity index (χ1) is 12.9. The van der Waals surface area contributed by atoms with Crippen molar-refractivity contribution < 1.29 is 0 Å². The molecule has 0 heteroatoms. The molecule has 0 radical (unpaired) electrons. The summed E-state index contributed by atoms with van der Waals surface area (Å²) < 4.78 is 0. The van der Waals surface area contributed by atoms with Gasteiger partial charge in [-0.3, -0.25) is 0 Å². The molecule has 0 heterocycles. The van der Waals surface area contributed by atoms with Crippen molar-refractivity contribution >= 4 is 0 Å². The van der Waals surface area contributed by atoms with Crippen LogP contribution in [-0.2, 0) is 0 Å². The number of hydrogen-bond acceptors (Lipinski definition) is 0. The minimum Gasteiger partial charge on any atom is -0.0956 e. The van der Waals surface area contributed by atoms with Gasteiger partial charge in [0.05, 0.1) is 0 Å². The fraction of sp³-hybridized carbons (Fsp3) is 0.704. The molecule has 0 aromatic rings. The van der Waals surface area contributed by atoms with Crippen LogP contribution in [0.4, 0.5) is 0 Å². The molecular weight excluding hydrogens is 324 g/mol. The second kappa shape index (κ2) is 8.97. The Bertz CT molecular complexity index is 614. The summed E-state index contributed by atoms with van der Waals surface area (Å²) in [5.74, 6) is 2.94. The Hall–Kier alpha value is -1.04. The monoisotopic (exact) mass is 366 g/mol. The van der Waals surface area contributed by atoms with Crippen molar-refractivity contribution in [3.63, 3.8) is 0 Å². The summed E-state index contributed by atoms with van der Waals surface area (Å²) in [6.45, 7) is 13.9. The maximum Gasteiger partial charge on any atom is -0.0138 e. The van der Waals surface area contributed by atoms with Crippen LogP contribution < -0.4 is 0 Å². The van der Waals surface area contributed by atoms with E-state index in [1.807, 2.05) is 0 Å². The van der Waals surface area contributed by atoms with E-state index in [0.29, 0.717) is 17.3 Å². The lowest BCUT2D eigenvalue weighted by molar-refractivity contribution is 0.120. The molecule has 0 aromatic heterocycles. The van der Waals surface area contributed by atoms with Crippen LogP contribution in [0.15, 0.2) is 47.6 Å². The average Bonchev–Trinajstić information content (AvgIpc) is 3.11. The van der Waals surface area contributed by atoms with Crippen LogP contribution in [0.5, 0.6) is 0 Å². The highest BCUT2D eigenvalue weighted by molar-refractivity contribution is 5.35. The lowest BCUT2D eigenvalue weighted by Gasteiger charge is -2.45. The molecule has 0 N–H and O–H groups in total. The summed E-state index contributed by atoms with van der Waals surface area (Å²) in [6.07, 6.45) is 23.6. The minimum atomic E-state index is 0.527. The molecule has 4 atom stereocenters. The van der Waals surface area contributed by atoms with Crippen LogP contribution >= 0.6 is 0 Å². The van der Waals surface area contributed by atoms with Gasteiger partial charge in [-0.25, -0.2) is 0 Å². The molecule has 0 amide bonds. The summed E-state index contributed by atoms with van der Waals surface area (Å²) in [7, 11) is 0. The molecule has 4 unspecified atom stereocenters. The van der Waals surface area contributed by atoms with Crippen LogP contribution in [0, 0.1) is 29.1 Å². The highest BCUT2D eigenvalue weighted by Crippen LogP contribution is 2.58. The van der Waals surface area contributed by atoms with Crippen molar-refractivity contribution in [3.8, 4) is 0 Å². The van der Waals surface area contributed by atoms with Gasteiger partial charge in [0.15, 0.2) is 0 Å². The standard InChI is InChI=1S/C27H42/c1-20(2)21(3)14-15-23(5)27-18-8-12-25(26(27)13-9-19-27)17-16-24-11-7-6-10-22(24)4/h14-17,20-21,23,26H,4,6-13,18-19H2,1-3,5H3. The zero-order valence-electron chi connectivity index (χ0n) is 18.4. The van der Waals surface area contributed by atoms with E-state index in [1.165, 1.54) is 75.4 Å².